The highest BCUT2D eigenvalue weighted by atomic mass is 32.2. The summed E-state index contributed by atoms with van der Waals surface area (Å²) in [5, 5.41) is 4.07. The molecule has 0 aliphatic carbocycles. The highest BCUT2D eigenvalue weighted by Crippen LogP contribution is 2.25. The maximum Gasteiger partial charge on any atom is 0.322 e. The fraction of sp³-hybridized carbons (Fsp3) is 0.261. The normalized spacial score (nSPS) is 11.4. The molecule has 2 aromatic rings. The highest BCUT2D eigenvalue weighted by molar-refractivity contribution is 8.14. The summed E-state index contributed by atoms with van der Waals surface area (Å²) < 4.78 is 58.0. The molecule has 0 aromatic heterocycles. The summed E-state index contributed by atoms with van der Waals surface area (Å²) in [6, 6.07) is 8.32. The van der Waals surface area contributed by atoms with Crippen molar-refractivity contribution in [3.63, 3.8) is 0 Å². The SMILES string of the molecule is NCCC(C(=O)CNC(=O)CNC(=O)CSC(=O)c1ccccc1)C(=O)Oc1cc(F)c(F)c(F)c1F. The van der Waals surface area contributed by atoms with Gasteiger partial charge in [0.05, 0.1) is 18.8 Å². The third-order valence-corrected chi connectivity index (χ3v) is 5.56. The molecule has 0 saturated heterocycles. The van der Waals surface area contributed by atoms with Gasteiger partial charge in [-0.25, -0.2) is 13.2 Å². The fourth-order valence-electron chi connectivity index (χ4n) is 2.77. The fourth-order valence-corrected chi connectivity index (χ4v) is 3.44. The van der Waals surface area contributed by atoms with E-state index in [1.165, 1.54) is 0 Å². The van der Waals surface area contributed by atoms with E-state index in [9.17, 15) is 41.5 Å². The number of hydrogen-bond acceptors (Lipinski definition) is 8. The Hall–Kier alpha value is -3.78. The molecule has 0 bridgehead atoms. The van der Waals surface area contributed by atoms with Crippen molar-refractivity contribution in [2.24, 2.45) is 11.7 Å². The van der Waals surface area contributed by atoms with Gasteiger partial charge in [0.1, 0.15) is 5.92 Å². The number of benzene rings is 2. The lowest BCUT2D eigenvalue weighted by molar-refractivity contribution is -0.144. The van der Waals surface area contributed by atoms with Crippen molar-refractivity contribution in [3.8, 4) is 5.75 Å². The zero-order valence-electron chi connectivity index (χ0n) is 19.0. The van der Waals surface area contributed by atoms with E-state index < -0.39 is 71.6 Å². The molecule has 0 aliphatic heterocycles. The van der Waals surface area contributed by atoms with Crippen LogP contribution in [-0.4, -0.2) is 54.1 Å². The molecule has 0 spiro atoms. The van der Waals surface area contributed by atoms with Crippen molar-refractivity contribution >= 4 is 40.4 Å². The first-order valence-corrected chi connectivity index (χ1v) is 11.6. The van der Waals surface area contributed by atoms with E-state index in [1.54, 1.807) is 30.3 Å². The Morgan fingerprint density at radius 1 is 0.892 bits per heavy atom. The van der Waals surface area contributed by atoms with Gasteiger partial charge in [0.2, 0.25) is 28.6 Å². The van der Waals surface area contributed by atoms with Crippen LogP contribution in [0.2, 0.25) is 0 Å². The zero-order valence-corrected chi connectivity index (χ0v) is 19.8. The first-order chi connectivity index (χ1) is 17.5. The topological polar surface area (TPSA) is 145 Å². The Morgan fingerprint density at radius 3 is 2.19 bits per heavy atom. The molecule has 14 heteroatoms. The number of ether oxygens (including phenoxy) is 1. The average Bonchev–Trinajstić information content (AvgIpc) is 2.89. The second-order valence-corrected chi connectivity index (χ2v) is 8.26. The van der Waals surface area contributed by atoms with Crippen LogP contribution in [0.15, 0.2) is 36.4 Å². The van der Waals surface area contributed by atoms with Crippen molar-refractivity contribution in [2.75, 3.05) is 25.4 Å². The maximum atomic E-state index is 13.8. The van der Waals surface area contributed by atoms with Crippen LogP contribution in [0.3, 0.4) is 0 Å². The lowest BCUT2D eigenvalue weighted by Crippen LogP contribution is -2.42. The summed E-state index contributed by atoms with van der Waals surface area (Å²) in [5.74, 6) is -15.1. The molecule has 4 N–H and O–H groups in total. The molecule has 2 rings (SSSR count). The molecular formula is C23H21F4N3O6S. The summed E-state index contributed by atoms with van der Waals surface area (Å²) in [7, 11) is 0. The van der Waals surface area contributed by atoms with Crippen molar-refractivity contribution in [1.82, 2.24) is 10.6 Å². The second kappa shape index (κ2) is 14.1. The van der Waals surface area contributed by atoms with E-state index in [-0.39, 0.29) is 29.9 Å². The molecule has 1 unspecified atom stereocenters. The number of amides is 2. The maximum absolute atomic E-state index is 13.8. The van der Waals surface area contributed by atoms with Gasteiger partial charge in [-0.05, 0) is 13.0 Å². The molecule has 37 heavy (non-hydrogen) atoms. The molecule has 0 saturated carbocycles. The summed E-state index contributed by atoms with van der Waals surface area (Å²) in [4.78, 5) is 60.4. The highest BCUT2D eigenvalue weighted by Gasteiger charge is 2.30. The van der Waals surface area contributed by atoms with Gasteiger partial charge in [0.25, 0.3) is 0 Å². The number of nitrogens with two attached hydrogens (primary N) is 1. The minimum absolute atomic E-state index is 0.103. The average molecular weight is 543 g/mol. The quantitative estimate of drug-likeness (QED) is 0.0912. The van der Waals surface area contributed by atoms with E-state index in [0.29, 0.717) is 5.56 Å². The van der Waals surface area contributed by atoms with Gasteiger partial charge in [0.15, 0.2) is 23.2 Å². The number of esters is 1. The lowest BCUT2D eigenvalue weighted by Gasteiger charge is -2.15. The van der Waals surface area contributed by atoms with Crippen LogP contribution in [0, 0.1) is 29.2 Å². The van der Waals surface area contributed by atoms with Gasteiger partial charge < -0.3 is 21.1 Å². The Kier molecular flexibility index (Phi) is 11.2. The number of thioether (sulfide) groups is 1. The van der Waals surface area contributed by atoms with Gasteiger partial charge in [-0.1, -0.05) is 42.1 Å². The van der Waals surface area contributed by atoms with Gasteiger partial charge in [-0.3, -0.25) is 24.0 Å². The van der Waals surface area contributed by atoms with E-state index >= 15 is 0 Å². The Labute approximate surface area is 212 Å². The van der Waals surface area contributed by atoms with Crippen molar-refractivity contribution in [2.45, 2.75) is 6.42 Å². The third-order valence-electron chi connectivity index (χ3n) is 4.66. The van der Waals surface area contributed by atoms with Crippen LogP contribution in [-0.2, 0) is 19.2 Å². The predicted molar refractivity (Wildman–Crippen MR) is 123 cm³/mol. The minimum Gasteiger partial charge on any atom is -0.423 e. The van der Waals surface area contributed by atoms with E-state index in [4.69, 9.17) is 5.73 Å². The van der Waals surface area contributed by atoms with E-state index in [0.717, 1.165) is 11.8 Å². The number of carbonyl (C=O) groups is 5. The number of ketones is 1. The number of hydrogen-bond donors (Lipinski definition) is 3. The molecule has 198 valence electrons. The molecule has 2 aromatic carbocycles. The smallest absolute Gasteiger partial charge is 0.322 e. The van der Waals surface area contributed by atoms with Crippen molar-refractivity contribution in [1.29, 1.82) is 0 Å². The Morgan fingerprint density at radius 2 is 1.54 bits per heavy atom. The molecule has 0 fully saturated rings. The number of Topliss-reactive ketones (excluding diaryl/α,β-unsaturated/α-hetero) is 1. The van der Waals surface area contributed by atoms with Crippen LogP contribution in [0.25, 0.3) is 0 Å². The lowest BCUT2D eigenvalue weighted by atomic mass is 10.00. The molecule has 2 amide bonds. The molecule has 0 aliphatic rings. The first-order valence-electron chi connectivity index (χ1n) is 10.6. The van der Waals surface area contributed by atoms with Crippen LogP contribution in [0.5, 0.6) is 5.75 Å². The van der Waals surface area contributed by atoms with Crippen LogP contribution < -0.4 is 21.1 Å². The standard InChI is InChI=1S/C23H21F4N3O6S/c24-14-8-16(20(26)21(27)19(14)25)36-22(34)13(6-7-28)15(31)9-29-17(32)10-30-18(33)11-37-23(35)12-4-2-1-3-5-12/h1-5,8,13H,6-7,9-11,28H2,(H,29,32)(H,30,33). The second-order valence-electron chi connectivity index (χ2n) is 7.31. The Balaban J connectivity index is 1.83. The monoisotopic (exact) mass is 543 g/mol. The van der Waals surface area contributed by atoms with Crippen molar-refractivity contribution < 1.29 is 46.3 Å². The van der Waals surface area contributed by atoms with Gasteiger partial charge in [-0.2, -0.15) is 4.39 Å². The summed E-state index contributed by atoms with van der Waals surface area (Å²) in [6.07, 6.45) is -0.315. The molecule has 9 nitrogen and oxygen atoms in total. The number of nitrogens with one attached hydrogen (secondary N) is 2. The Bertz CT molecular complexity index is 1180. The third kappa shape index (κ3) is 8.68. The summed E-state index contributed by atoms with van der Waals surface area (Å²) in [6.45, 7) is -1.48. The largest absolute Gasteiger partial charge is 0.423 e. The zero-order chi connectivity index (χ0) is 27.5. The molecule has 0 heterocycles. The number of rotatable bonds is 12. The van der Waals surface area contributed by atoms with E-state index in [2.05, 4.69) is 15.4 Å². The van der Waals surface area contributed by atoms with Crippen molar-refractivity contribution in [3.05, 3.63) is 65.2 Å². The van der Waals surface area contributed by atoms with Gasteiger partial charge >= 0.3 is 5.97 Å². The molecular weight excluding hydrogens is 522 g/mol. The van der Waals surface area contributed by atoms with Gasteiger partial charge in [-0.15, -0.1) is 0 Å². The summed E-state index contributed by atoms with van der Waals surface area (Å²) >= 11 is 0.730. The van der Waals surface area contributed by atoms with Gasteiger partial charge in [0, 0.05) is 11.6 Å². The van der Waals surface area contributed by atoms with Crippen LogP contribution in [0.4, 0.5) is 17.6 Å². The summed E-state index contributed by atoms with van der Waals surface area (Å²) in [5.41, 5.74) is 5.76. The molecule has 1 atom stereocenters. The first kappa shape index (κ1) is 29.5. The van der Waals surface area contributed by atoms with E-state index in [1.807, 2.05) is 0 Å². The van der Waals surface area contributed by atoms with Crippen LogP contribution >= 0.6 is 11.8 Å². The molecule has 0 radical (unpaired) electrons. The van der Waals surface area contributed by atoms with Crippen LogP contribution in [0.1, 0.15) is 16.8 Å². The number of halogens is 4. The minimum atomic E-state index is -2.21. The number of carbonyl (C=O) groups excluding carboxylic acids is 5. The predicted octanol–water partition coefficient (Wildman–Crippen LogP) is 1.49.